The van der Waals surface area contributed by atoms with Crippen LogP contribution in [-0.2, 0) is 11.2 Å². The minimum Gasteiger partial charge on any atom is -0.325 e. The molecule has 7 heteroatoms. The Morgan fingerprint density at radius 1 is 1.17 bits per heavy atom. The summed E-state index contributed by atoms with van der Waals surface area (Å²) in [7, 11) is 0. The second-order valence-corrected chi connectivity index (χ2v) is 6.45. The summed E-state index contributed by atoms with van der Waals surface area (Å²) in [5.41, 5.74) is 1.83. The van der Waals surface area contributed by atoms with Gasteiger partial charge in [0, 0.05) is 17.1 Å². The van der Waals surface area contributed by atoms with Crippen LogP contribution in [-0.4, -0.2) is 26.8 Å². The highest BCUT2D eigenvalue weighted by Gasteiger charge is 2.08. The number of carbonyl (C=O) groups is 1. The summed E-state index contributed by atoms with van der Waals surface area (Å²) in [4.78, 5) is 16.3. The zero-order chi connectivity index (χ0) is 16.8. The Morgan fingerprint density at radius 2 is 2.00 bits per heavy atom. The fraction of sp³-hybridized carbons (Fsp3) is 0.118. The normalized spacial score (nSPS) is 10.5. The van der Waals surface area contributed by atoms with Crippen molar-refractivity contribution in [1.82, 2.24) is 15.2 Å². The van der Waals surface area contributed by atoms with Crippen LogP contribution in [0.15, 0.2) is 59.8 Å². The molecule has 0 spiro atoms. The van der Waals surface area contributed by atoms with Crippen LogP contribution in [0.1, 0.15) is 11.4 Å². The van der Waals surface area contributed by atoms with Crippen molar-refractivity contribution < 1.29 is 4.79 Å². The number of nitrogens with one attached hydrogen (secondary N) is 2. The number of amides is 1. The molecular weight excluding hydrogens is 344 g/mol. The lowest BCUT2D eigenvalue weighted by Crippen LogP contribution is -2.14. The first-order valence-electron chi connectivity index (χ1n) is 7.32. The molecule has 3 aromatic rings. The van der Waals surface area contributed by atoms with Gasteiger partial charge in [0.05, 0.1) is 5.75 Å². The van der Waals surface area contributed by atoms with Crippen LogP contribution in [0.4, 0.5) is 5.69 Å². The molecule has 0 aliphatic heterocycles. The summed E-state index contributed by atoms with van der Waals surface area (Å²) in [6, 6.07) is 17.1. The number of hydrogen-bond acceptors (Lipinski definition) is 4. The molecule has 0 bridgehead atoms. The highest BCUT2D eigenvalue weighted by atomic mass is 35.5. The summed E-state index contributed by atoms with van der Waals surface area (Å²) in [6.45, 7) is 0. The Bertz CT molecular complexity index is 822. The number of aromatic nitrogens is 3. The SMILES string of the molecule is O=C(CSc1n[nH]c(Cc2ccccc2)n1)Nc1cccc(Cl)c1. The van der Waals surface area contributed by atoms with Gasteiger partial charge in [-0.1, -0.05) is 59.8 Å². The van der Waals surface area contributed by atoms with Crippen LogP contribution in [0.3, 0.4) is 0 Å². The zero-order valence-corrected chi connectivity index (χ0v) is 14.3. The van der Waals surface area contributed by atoms with Crippen molar-refractivity contribution in [3.8, 4) is 0 Å². The lowest BCUT2D eigenvalue weighted by molar-refractivity contribution is -0.113. The van der Waals surface area contributed by atoms with E-state index in [4.69, 9.17) is 11.6 Å². The first kappa shape index (κ1) is 16.5. The molecular formula is C17H15ClN4OS. The number of rotatable bonds is 6. The average Bonchev–Trinajstić information content (AvgIpc) is 3.01. The van der Waals surface area contributed by atoms with Crippen LogP contribution in [0, 0.1) is 0 Å². The van der Waals surface area contributed by atoms with E-state index in [2.05, 4.69) is 20.5 Å². The van der Waals surface area contributed by atoms with E-state index in [-0.39, 0.29) is 11.7 Å². The maximum atomic E-state index is 12.0. The molecule has 2 N–H and O–H groups in total. The van der Waals surface area contributed by atoms with E-state index >= 15 is 0 Å². The van der Waals surface area contributed by atoms with E-state index in [1.807, 2.05) is 30.3 Å². The van der Waals surface area contributed by atoms with Gasteiger partial charge in [-0.25, -0.2) is 4.98 Å². The first-order chi connectivity index (χ1) is 11.7. The van der Waals surface area contributed by atoms with Gasteiger partial charge in [0.1, 0.15) is 5.82 Å². The van der Waals surface area contributed by atoms with Gasteiger partial charge >= 0.3 is 0 Å². The van der Waals surface area contributed by atoms with E-state index in [9.17, 15) is 4.79 Å². The monoisotopic (exact) mass is 358 g/mol. The number of carbonyl (C=O) groups excluding carboxylic acids is 1. The fourth-order valence-corrected chi connectivity index (χ4v) is 2.91. The molecule has 0 unspecified atom stereocenters. The molecule has 24 heavy (non-hydrogen) atoms. The molecule has 0 aliphatic rings. The van der Waals surface area contributed by atoms with Crippen LogP contribution >= 0.6 is 23.4 Å². The third-order valence-electron chi connectivity index (χ3n) is 3.17. The lowest BCUT2D eigenvalue weighted by atomic mass is 10.1. The molecule has 0 atom stereocenters. The number of H-pyrrole nitrogens is 1. The standard InChI is InChI=1S/C17H15ClN4OS/c18-13-7-4-8-14(10-13)19-16(23)11-24-17-20-15(21-22-17)9-12-5-2-1-3-6-12/h1-8,10H,9,11H2,(H,19,23)(H,20,21,22). The van der Waals surface area contributed by atoms with E-state index in [0.29, 0.717) is 22.3 Å². The third-order valence-corrected chi connectivity index (χ3v) is 4.25. The minimum atomic E-state index is -0.128. The van der Waals surface area contributed by atoms with Crippen molar-refractivity contribution in [2.75, 3.05) is 11.1 Å². The van der Waals surface area contributed by atoms with Crippen molar-refractivity contribution in [1.29, 1.82) is 0 Å². The molecule has 0 fully saturated rings. The number of halogens is 1. The fourth-order valence-electron chi connectivity index (χ4n) is 2.10. The Labute approximate surface area is 148 Å². The van der Waals surface area contributed by atoms with Gasteiger partial charge in [0.25, 0.3) is 0 Å². The Hall–Kier alpha value is -2.31. The number of nitrogens with zero attached hydrogens (tertiary/aromatic N) is 2. The van der Waals surface area contributed by atoms with Crippen molar-refractivity contribution in [3.05, 3.63) is 71.0 Å². The van der Waals surface area contributed by atoms with Gasteiger partial charge in [-0.15, -0.1) is 5.10 Å². The smallest absolute Gasteiger partial charge is 0.234 e. The van der Waals surface area contributed by atoms with Gasteiger partial charge in [-0.05, 0) is 23.8 Å². The first-order valence-corrected chi connectivity index (χ1v) is 8.69. The van der Waals surface area contributed by atoms with Crippen LogP contribution < -0.4 is 5.32 Å². The summed E-state index contributed by atoms with van der Waals surface area (Å²) < 4.78 is 0. The van der Waals surface area contributed by atoms with Crippen LogP contribution in [0.25, 0.3) is 0 Å². The number of hydrogen-bond donors (Lipinski definition) is 2. The second kappa shape index (κ2) is 7.99. The average molecular weight is 359 g/mol. The molecule has 1 aromatic heterocycles. The lowest BCUT2D eigenvalue weighted by Gasteiger charge is -2.04. The number of anilines is 1. The Morgan fingerprint density at radius 3 is 2.79 bits per heavy atom. The molecule has 0 saturated heterocycles. The topological polar surface area (TPSA) is 70.7 Å². The molecule has 3 rings (SSSR count). The quantitative estimate of drug-likeness (QED) is 0.658. The van der Waals surface area contributed by atoms with E-state index in [0.717, 1.165) is 11.4 Å². The van der Waals surface area contributed by atoms with Gasteiger partial charge in [-0.3, -0.25) is 9.89 Å². The van der Waals surface area contributed by atoms with Crippen molar-refractivity contribution in [2.45, 2.75) is 11.6 Å². The van der Waals surface area contributed by atoms with E-state index in [1.165, 1.54) is 11.8 Å². The zero-order valence-electron chi connectivity index (χ0n) is 12.7. The maximum absolute atomic E-state index is 12.0. The van der Waals surface area contributed by atoms with Crippen LogP contribution in [0.2, 0.25) is 5.02 Å². The Kier molecular flexibility index (Phi) is 5.51. The van der Waals surface area contributed by atoms with Crippen molar-refractivity contribution in [2.24, 2.45) is 0 Å². The number of aromatic amines is 1. The van der Waals surface area contributed by atoms with Gasteiger partial charge in [0.2, 0.25) is 11.1 Å². The molecule has 0 radical (unpaired) electrons. The molecule has 0 aliphatic carbocycles. The summed E-state index contributed by atoms with van der Waals surface area (Å²) >= 11 is 7.17. The number of thioether (sulfide) groups is 1. The molecule has 1 amide bonds. The summed E-state index contributed by atoms with van der Waals surface area (Å²) in [5, 5.41) is 11.0. The molecule has 1 heterocycles. The summed E-state index contributed by atoms with van der Waals surface area (Å²) in [6.07, 6.45) is 0.684. The van der Waals surface area contributed by atoms with Crippen LogP contribution in [0.5, 0.6) is 0 Å². The maximum Gasteiger partial charge on any atom is 0.234 e. The molecule has 2 aromatic carbocycles. The van der Waals surface area contributed by atoms with Gasteiger partial charge < -0.3 is 5.32 Å². The number of benzene rings is 2. The predicted molar refractivity (Wildman–Crippen MR) is 96.4 cm³/mol. The molecule has 122 valence electrons. The highest BCUT2D eigenvalue weighted by molar-refractivity contribution is 7.99. The van der Waals surface area contributed by atoms with E-state index in [1.54, 1.807) is 24.3 Å². The van der Waals surface area contributed by atoms with Crippen molar-refractivity contribution >= 4 is 35.0 Å². The largest absolute Gasteiger partial charge is 0.325 e. The van der Waals surface area contributed by atoms with Gasteiger partial charge in [-0.2, -0.15) is 0 Å². The van der Waals surface area contributed by atoms with Gasteiger partial charge in [0.15, 0.2) is 0 Å². The minimum absolute atomic E-state index is 0.128. The van der Waals surface area contributed by atoms with E-state index < -0.39 is 0 Å². The molecule has 5 nitrogen and oxygen atoms in total. The second-order valence-electron chi connectivity index (χ2n) is 5.07. The summed E-state index contributed by atoms with van der Waals surface area (Å²) in [5.74, 6) is 0.880. The Balaban J connectivity index is 1.51. The third kappa shape index (κ3) is 4.84. The highest BCUT2D eigenvalue weighted by Crippen LogP contribution is 2.17. The molecule has 0 saturated carbocycles. The predicted octanol–water partition coefficient (Wildman–Crippen LogP) is 3.78. The van der Waals surface area contributed by atoms with Crippen molar-refractivity contribution in [3.63, 3.8) is 0 Å².